The number of hydrogen-bond donors (Lipinski definition) is 0. The fraction of sp³-hybridized carbons (Fsp3) is 1.00. The average Bonchev–Trinajstić information content (AvgIpc) is 1.84. The molecule has 0 radical (unpaired) electrons. The van der Waals surface area contributed by atoms with Crippen molar-refractivity contribution < 1.29 is 0 Å². The van der Waals surface area contributed by atoms with Gasteiger partial charge in [-0.25, -0.2) is 0 Å². The fourth-order valence-electron chi connectivity index (χ4n) is 0.492. The second-order valence-electron chi connectivity index (χ2n) is 2.67. The van der Waals surface area contributed by atoms with Crippen molar-refractivity contribution in [1.82, 2.24) is 0 Å². The quantitative estimate of drug-likeness (QED) is 0.502. The zero-order valence-corrected chi connectivity index (χ0v) is 10.1. The molecule has 0 aromatic rings. The van der Waals surface area contributed by atoms with E-state index in [2.05, 4.69) is 26.7 Å². The molecule has 10 heavy (non-hydrogen) atoms. The summed E-state index contributed by atoms with van der Waals surface area (Å²) in [6, 6.07) is 0. The first-order valence-corrected chi connectivity index (χ1v) is 8.56. The molecule has 0 nitrogen and oxygen atoms in total. The highest BCUT2D eigenvalue weighted by molar-refractivity contribution is 7.63. The van der Waals surface area contributed by atoms with Gasteiger partial charge in [-0.3, -0.25) is 0 Å². The maximum atomic E-state index is 6.07. The summed E-state index contributed by atoms with van der Waals surface area (Å²) in [6.07, 6.45) is 0. The predicted octanol–water partition coefficient (Wildman–Crippen LogP) is 3.60. The lowest BCUT2D eigenvalue weighted by Gasteiger charge is -2.22. The Hall–Kier alpha value is 1.44. The Labute approximate surface area is 76.2 Å². The lowest BCUT2D eigenvalue weighted by Crippen LogP contribution is -2.09. The lowest BCUT2D eigenvalue weighted by atomic mass is 10.9. The van der Waals surface area contributed by atoms with Crippen LogP contribution in [0.3, 0.4) is 0 Å². The lowest BCUT2D eigenvalue weighted by molar-refractivity contribution is 1.28. The van der Waals surface area contributed by atoms with E-state index < -0.39 is 0 Å². The Balaban J connectivity index is 3.81. The van der Waals surface area contributed by atoms with Gasteiger partial charge >= 0.3 is 0 Å². The number of rotatable bonds is 3. The molecule has 0 rings (SSSR count). The van der Waals surface area contributed by atoms with E-state index in [4.69, 9.17) is 23.2 Å². The molecule has 2 atom stereocenters. The van der Waals surface area contributed by atoms with Gasteiger partial charge in [-0.2, -0.15) is 0 Å². The maximum absolute atomic E-state index is 6.07. The molecular formula is C6H14Cl2P2. The van der Waals surface area contributed by atoms with Crippen LogP contribution in [0.25, 0.3) is 0 Å². The van der Waals surface area contributed by atoms with Crippen molar-refractivity contribution in [1.29, 1.82) is 0 Å². The monoisotopic (exact) mass is 218 g/mol. The summed E-state index contributed by atoms with van der Waals surface area (Å²) < 4.78 is 0. The number of halogens is 2. The number of alkyl halides is 2. The normalized spacial score (nSPS) is 18.0. The molecule has 0 aliphatic carbocycles. The van der Waals surface area contributed by atoms with Gasteiger partial charge in [0.25, 0.3) is 0 Å². The molecule has 62 valence electrons. The van der Waals surface area contributed by atoms with Crippen LogP contribution in [0.2, 0.25) is 0 Å². The molecule has 0 saturated heterocycles. The van der Waals surface area contributed by atoms with Crippen LogP contribution in [0.15, 0.2) is 0 Å². The Morgan fingerprint density at radius 2 is 1.00 bits per heavy atom. The summed E-state index contributed by atoms with van der Waals surface area (Å²) in [5, 5.41) is 0.385. The molecule has 0 spiro atoms. The van der Waals surface area contributed by atoms with E-state index in [0.717, 1.165) is 0 Å². The highest BCUT2D eigenvalue weighted by Crippen LogP contribution is 2.49. The molecule has 0 aliphatic rings. The molecule has 0 aromatic carbocycles. The van der Waals surface area contributed by atoms with Crippen molar-refractivity contribution in [2.24, 2.45) is 0 Å². The first-order chi connectivity index (χ1) is 4.46. The second kappa shape index (κ2) is 5.15. The minimum absolute atomic E-state index is 0.0838. The van der Waals surface area contributed by atoms with E-state index in [1.165, 1.54) is 0 Å². The summed E-state index contributed by atoms with van der Waals surface area (Å²) in [6.45, 7) is 8.67. The van der Waals surface area contributed by atoms with E-state index in [9.17, 15) is 0 Å². The molecule has 2 unspecified atom stereocenters. The van der Waals surface area contributed by atoms with Crippen LogP contribution in [0, 0.1) is 0 Å². The summed E-state index contributed by atoms with van der Waals surface area (Å²) >= 11 is 12.1. The van der Waals surface area contributed by atoms with E-state index in [0.29, 0.717) is 0 Å². The third-order valence-electron chi connectivity index (χ3n) is 1.21. The van der Waals surface area contributed by atoms with Crippen molar-refractivity contribution in [3.8, 4) is 0 Å². The SMILES string of the molecule is CP(C)C(Cl)C(Cl)P(C)C. The highest BCUT2D eigenvalue weighted by atomic mass is 35.5. The third kappa shape index (κ3) is 3.72. The van der Waals surface area contributed by atoms with Crippen LogP contribution in [-0.4, -0.2) is 36.9 Å². The van der Waals surface area contributed by atoms with Gasteiger partial charge in [0.15, 0.2) is 0 Å². The van der Waals surface area contributed by atoms with Gasteiger partial charge in [-0.05, 0) is 26.7 Å². The van der Waals surface area contributed by atoms with Gasteiger partial charge in [0.1, 0.15) is 0 Å². The van der Waals surface area contributed by atoms with Crippen molar-refractivity contribution in [3.63, 3.8) is 0 Å². The molecule has 0 bridgehead atoms. The van der Waals surface area contributed by atoms with Crippen LogP contribution in [-0.2, 0) is 0 Å². The molecular weight excluding hydrogens is 205 g/mol. The van der Waals surface area contributed by atoms with Gasteiger partial charge in [0.05, 0.1) is 10.2 Å². The summed E-state index contributed by atoms with van der Waals surface area (Å²) in [5.41, 5.74) is 0. The van der Waals surface area contributed by atoms with Crippen LogP contribution < -0.4 is 0 Å². The van der Waals surface area contributed by atoms with Gasteiger partial charge in [0.2, 0.25) is 0 Å². The summed E-state index contributed by atoms with van der Waals surface area (Å²) in [5.74, 6) is 0. The molecule has 0 N–H and O–H groups in total. The topological polar surface area (TPSA) is 0 Å². The van der Waals surface area contributed by atoms with Gasteiger partial charge in [-0.15, -0.1) is 23.2 Å². The van der Waals surface area contributed by atoms with Gasteiger partial charge in [-0.1, -0.05) is 15.8 Å². The molecule has 0 aliphatic heterocycles. The van der Waals surface area contributed by atoms with Gasteiger partial charge in [0, 0.05) is 0 Å². The predicted molar refractivity (Wildman–Crippen MR) is 56.8 cm³/mol. The van der Waals surface area contributed by atoms with Crippen LogP contribution >= 0.6 is 39.0 Å². The van der Waals surface area contributed by atoms with E-state index in [-0.39, 0.29) is 26.1 Å². The smallest absolute Gasteiger partial charge is 0.0729 e. The van der Waals surface area contributed by atoms with E-state index in [1.54, 1.807) is 0 Å². The second-order valence-corrected chi connectivity index (χ2v) is 9.19. The summed E-state index contributed by atoms with van der Waals surface area (Å²) in [7, 11) is -0.168. The van der Waals surface area contributed by atoms with E-state index >= 15 is 0 Å². The van der Waals surface area contributed by atoms with Crippen molar-refractivity contribution >= 4 is 39.0 Å². The van der Waals surface area contributed by atoms with Crippen LogP contribution in [0.4, 0.5) is 0 Å². The standard InChI is InChI=1S/C6H14Cl2P2/c1-9(2)5(7)6(8)10(3)4/h5-6H,1-4H3. The minimum Gasteiger partial charge on any atom is -0.116 e. The Bertz CT molecular complexity index is 83.7. The largest absolute Gasteiger partial charge is 0.116 e. The van der Waals surface area contributed by atoms with Crippen molar-refractivity contribution in [2.75, 3.05) is 26.7 Å². The average molecular weight is 219 g/mol. The maximum Gasteiger partial charge on any atom is 0.0729 e. The zero-order valence-electron chi connectivity index (χ0n) is 6.81. The Morgan fingerprint density at radius 3 is 1.10 bits per heavy atom. The van der Waals surface area contributed by atoms with Crippen LogP contribution in [0.5, 0.6) is 0 Å². The molecule has 0 saturated carbocycles. The molecule has 0 amide bonds. The molecule has 0 heterocycles. The summed E-state index contributed by atoms with van der Waals surface area (Å²) in [4.78, 5) is 0. The molecule has 0 aromatic heterocycles. The van der Waals surface area contributed by atoms with E-state index in [1.807, 2.05) is 0 Å². The van der Waals surface area contributed by atoms with Crippen molar-refractivity contribution in [2.45, 2.75) is 10.2 Å². The Kier molecular flexibility index (Phi) is 5.89. The molecule has 4 heteroatoms. The first-order valence-electron chi connectivity index (χ1n) is 3.08. The number of hydrogen-bond acceptors (Lipinski definition) is 0. The first kappa shape index (κ1) is 11.4. The molecule has 0 fully saturated rings. The fourth-order valence-corrected chi connectivity index (χ4v) is 4.43. The minimum atomic E-state index is -0.0838. The van der Waals surface area contributed by atoms with Crippen LogP contribution in [0.1, 0.15) is 0 Å². The highest BCUT2D eigenvalue weighted by Gasteiger charge is 2.21. The van der Waals surface area contributed by atoms with Gasteiger partial charge < -0.3 is 0 Å². The Morgan fingerprint density at radius 1 is 0.800 bits per heavy atom. The zero-order chi connectivity index (χ0) is 8.31. The third-order valence-corrected chi connectivity index (χ3v) is 7.34. The van der Waals surface area contributed by atoms with Crippen molar-refractivity contribution in [3.05, 3.63) is 0 Å².